The second kappa shape index (κ2) is 8.14. The molecule has 154 valence electrons. The predicted molar refractivity (Wildman–Crippen MR) is 119 cm³/mol. The zero-order valence-corrected chi connectivity index (χ0v) is 17.5. The largest absolute Gasteiger partial charge is 0.356 e. The summed E-state index contributed by atoms with van der Waals surface area (Å²) in [6.07, 6.45) is 3.05. The molecule has 2 heterocycles. The lowest BCUT2D eigenvalue weighted by Crippen LogP contribution is -2.23. The summed E-state index contributed by atoms with van der Waals surface area (Å²) in [4.78, 5) is 32.3. The number of aromatic amines is 1. The van der Waals surface area contributed by atoms with Crippen molar-refractivity contribution in [3.8, 4) is 11.3 Å². The molecule has 30 heavy (non-hydrogen) atoms. The molecule has 1 aliphatic carbocycles. The molecule has 1 aliphatic rings. The third-order valence-electron chi connectivity index (χ3n) is 5.61. The maximum absolute atomic E-state index is 13.1. The van der Waals surface area contributed by atoms with Crippen LogP contribution in [0.3, 0.4) is 0 Å². The molecule has 0 fully saturated rings. The number of H-pyrrole nitrogens is 1. The summed E-state index contributed by atoms with van der Waals surface area (Å²) >= 11 is 0. The number of anilines is 3. The van der Waals surface area contributed by atoms with Gasteiger partial charge in [-0.3, -0.25) is 9.59 Å². The maximum atomic E-state index is 13.1. The van der Waals surface area contributed by atoms with Gasteiger partial charge in [0.15, 0.2) is 5.78 Å². The van der Waals surface area contributed by atoms with Crippen LogP contribution in [0.25, 0.3) is 11.3 Å². The SMILES string of the molecule is CC(=O)Nc1cc(-c2[nH]c3c(c2Nc2ccccc2)C(=O)CC(C(C)C)C3)ccn1. The van der Waals surface area contributed by atoms with Crippen LogP contribution in [0.5, 0.6) is 0 Å². The van der Waals surface area contributed by atoms with Crippen molar-refractivity contribution in [3.05, 3.63) is 59.9 Å². The van der Waals surface area contributed by atoms with Crippen LogP contribution < -0.4 is 10.6 Å². The van der Waals surface area contributed by atoms with E-state index >= 15 is 0 Å². The highest BCUT2D eigenvalue weighted by Crippen LogP contribution is 2.41. The average Bonchev–Trinajstić information content (AvgIpc) is 3.07. The maximum Gasteiger partial charge on any atom is 0.222 e. The highest BCUT2D eigenvalue weighted by molar-refractivity contribution is 6.07. The molecule has 1 unspecified atom stereocenters. The Morgan fingerprint density at radius 1 is 1.17 bits per heavy atom. The Morgan fingerprint density at radius 2 is 1.93 bits per heavy atom. The summed E-state index contributed by atoms with van der Waals surface area (Å²) in [5.74, 6) is 1.22. The summed E-state index contributed by atoms with van der Waals surface area (Å²) in [5, 5.41) is 6.18. The van der Waals surface area contributed by atoms with Crippen molar-refractivity contribution in [2.45, 2.75) is 33.6 Å². The minimum Gasteiger partial charge on any atom is -0.356 e. The highest BCUT2D eigenvalue weighted by atomic mass is 16.1. The molecule has 0 bridgehead atoms. The summed E-state index contributed by atoms with van der Waals surface area (Å²) in [5.41, 5.74) is 5.09. The summed E-state index contributed by atoms with van der Waals surface area (Å²) in [6, 6.07) is 13.5. The summed E-state index contributed by atoms with van der Waals surface area (Å²) in [7, 11) is 0. The molecule has 1 aromatic carbocycles. The van der Waals surface area contributed by atoms with E-state index in [1.54, 1.807) is 6.20 Å². The lowest BCUT2D eigenvalue weighted by Gasteiger charge is -2.25. The second-order valence-electron chi connectivity index (χ2n) is 8.17. The van der Waals surface area contributed by atoms with Crippen LogP contribution in [0.2, 0.25) is 0 Å². The standard InChI is InChI=1S/C24H26N4O2/c1-14(2)17-11-19-22(20(30)12-17)24(27-18-7-5-4-6-8-18)23(28-19)16-9-10-25-21(13-16)26-15(3)29/h4-10,13-14,17,27-28H,11-12H2,1-3H3,(H,25,26,29). The number of Topliss-reactive ketones (excluding diaryl/α,β-unsaturated/α-hetero) is 1. The van der Waals surface area contributed by atoms with E-state index in [0.717, 1.165) is 40.3 Å². The first-order chi connectivity index (χ1) is 14.4. The molecule has 0 saturated heterocycles. The van der Waals surface area contributed by atoms with Gasteiger partial charge in [-0.25, -0.2) is 4.98 Å². The summed E-state index contributed by atoms with van der Waals surface area (Å²) in [6.45, 7) is 5.78. The number of nitrogens with zero attached hydrogens (tertiary/aromatic N) is 1. The van der Waals surface area contributed by atoms with Crippen LogP contribution in [0, 0.1) is 11.8 Å². The topological polar surface area (TPSA) is 86.9 Å². The third-order valence-corrected chi connectivity index (χ3v) is 5.61. The number of hydrogen-bond acceptors (Lipinski definition) is 4. The minimum absolute atomic E-state index is 0.159. The number of fused-ring (bicyclic) bond motifs is 1. The van der Waals surface area contributed by atoms with E-state index in [1.165, 1.54) is 6.92 Å². The molecule has 6 nitrogen and oxygen atoms in total. The predicted octanol–water partition coefficient (Wildman–Crippen LogP) is 5.18. The fourth-order valence-corrected chi connectivity index (χ4v) is 4.00. The molecule has 2 aromatic heterocycles. The van der Waals surface area contributed by atoms with Gasteiger partial charge in [0.2, 0.25) is 5.91 Å². The number of nitrogens with one attached hydrogen (secondary N) is 3. The molecule has 0 aliphatic heterocycles. The minimum atomic E-state index is -0.178. The first-order valence-corrected chi connectivity index (χ1v) is 10.3. The van der Waals surface area contributed by atoms with Crippen molar-refractivity contribution in [2.75, 3.05) is 10.6 Å². The number of carbonyl (C=O) groups is 2. The van der Waals surface area contributed by atoms with Gasteiger partial charge >= 0.3 is 0 Å². The van der Waals surface area contributed by atoms with E-state index in [4.69, 9.17) is 0 Å². The van der Waals surface area contributed by atoms with E-state index in [2.05, 4.69) is 34.4 Å². The molecule has 0 radical (unpaired) electrons. The number of hydrogen-bond donors (Lipinski definition) is 3. The first kappa shape index (κ1) is 19.9. The second-order valence-corrected chi connectivity index (χ2v) is 8.17. The van der Waals surface area contributed by atoms with Crippen molar-refractivity contribution in [3.63, 3.8) is 0 Å². The average molecular weight is 402 g/mol. The molecule has 0 saturated carbocycles. The number of amides is 1. The number of rotatable bonds is 5. The lowest BCUT2D eigenvalue weighted by atomic mass is 9.80. The summed E-state index contributed by atoms with van der Waals surface area (Å²) < 4.78 is 0. The number of benzene rings is 1. The normalized spacial score (nSPS) is 15.7. The van der Waals surface area contributed by atoms with Gasteiger partial charge in [0.1, 0.15) is 5.82 Å². The van der Waals surface area contributed by atoms with Crippen molar-refractivity contribution in [1.82, 2.24) is 9.97 Å². The quantitative estimate of drug-likeness (QED) is 0.549. The van der Waals surface area contributed by atoms with Crippen molar-refractivity contribution >= 4 is 28.9 Å². The van der Waals surface area contributed by atoms with Gasteiger partial charge in [-0.15, -0.1) is 0 Å². The Morgan fingerprint density at radius 3 is 2.63 bits per heavy atom. The van der Waals surface area contributed by atoms with Crippen LogP contribution >= 0.6 is 0 Å². The first-order valence-electron chi connectivity index (χ1n) is 10.3. The Hall–Kier alpha value is -3.41. The fraction of sp³-hybridized carbons (Fsp3) is 0.292. The van der Waals surface area contributed by atoms with Gasteiger partial charge in [0.05, 0.1) is 16.9 Å². The van der Waals surface area contributed by atoms with E-state index in [1.807, 2.05) is 42.5 Å². The Balaban J connectivity index is 1.83. The van der Waals surface area contributed by atoms with Gasteiger partial charge in [-0.05, 0) is 42.5 Å². The molecule has 3 N–H and O–H groups in total. The number of carbonyl (C=O) groups excluding carboxylic acids is 2. The van der Waals surface area contributed by atoms with Crippen LogP contribution in [0.15, 0.2) is 48.7 Å². The van der Waals surface area contributed by atoms with Gasteiger partial charge < -0.3 is 15.6 Å². The third kappa shape index (κ3) is 3.99. The Kier molecular flexibility index (Phi) is 5.40. The number of para-hydroxylation sites is 1. The van der Waals surface area contributed by atoms with Gasteiger partial charge in [-0.1, -0.05) is 32.0 Å². The van der Waals surface area contributed by atoms with Crippen molar-refractivity contribution < 1.29 is 9.59 Å². The lowest BCUT2D eigenvalue weighted by molar-refractivity contribution is -0.114. The Bertz CT molecular complexity index is 1090. The van der Waals surface area contributed by atoms with E-state index < -0.39 is 0 Å². The molecular formula is C24H26N4O2. The monoisotopic (exact) mass is 402 g/mol. The van der Waals surface area contributed by atoms with Gasteiger partial charge in [0, 0.05) is 36.5 Å². The Labute approximate surface area is 176 Å². The van der Waals surface area contributed by atoms with E-state index in [9.17, 15) is 9.59 Å². The van der Waals surface area contributed by atoms with Crippen LogP contribution in [-0.2, 0) is 11.2 Å². The molecule has 6 heteroatoms. The molecular weight excluding hydrogens is 376 g/mol. The smallest absolute Gasteiger partial charge is 0.222 e. The number of pyridine rings is 1. The van der Waals surface area contributed by atoms with Crippen molar-refractivity contribution in [1.29, 1.82) is 0 Å². The zero-order chi connectivity index (χ0) is 21.3. The molecule has 3 aromatic rings. The highest BCUT2D eigenvalue weighted by Gasteiger charge is 2.33. The fourth-order valence-electron chi connectivity index (χ4n) is 4.00. The molecule has 1 atom stereocenters. The zero-order valence-electron chi connectivity index (χ0n) is 17.5. The molecule has 4 rings (SSSR count). The molecule has 1 amide bonds. The van der Waals surface area contributed by atoms with Gasteiger partial charge in [-0.2, -0.15) is 0 Å². The van der Waals surface area contributed by atoms with Crippen LogP contribution in [-0.4, -0.2) is 21.7 Å². The molecule has 0 spiro atoms. The van der Waals surface area contributed by atoms with Crippen LogP contribution in [0.1, 0.15) is 43.2 Å². The van der Waals surface area contributed by atoms with Gasteiger partial charge in [0.25, 0.3) is 0 Å². The van der Waals surface area contributed by atoms with E-state index in [0.29, 0.717) is 24.1 Å². The number of ketones is 1. The van der Waals surface area contributed by atoms with Crippen molar-refractivity contribution in [2.24, 2.45) is 11.8 Å². The van der Waals surface area contributed by atoms with Crippen LogP contribution in [0.4, 0.5) is 17.2 Å². The number of aromatic nitrogens is 2. The van der Waals surface area contributed by atoms with E-state index in [-0.39, 0.29) is 11.7 Å².